The molecule has 1 aliphatic heterocycles. The number of benzene rings is 1. The van der Waals surface area contributed by atoms with Crippen molar-refractivity contribution in [3.05, 3.63) is 45.8 Å². The van der Waals surface area contributed by atoms with E-state index in [1.165, 1.54) is 34.3 Å². The number of amidine groups is 1. The maximum Gasteiger partial charge on any atom is 0.286 e. The molecule has 0 spiro atoms. The van der Waals surface area contributed by atoms with Crippen LogP contribution in [0.5, 0.6) is 5.75 Å². The number of rotatable bonds is 7. The normalized spacial score (nSPS) is 15.1. The van der Waals surface area contributed by atoms with Crippen LogP contribution in [0.4, 0.5) is 11.4 Å². The number of sulfonamides is 2. The van der Waals surface area contributed by atoms with E-state index in [9.17, 15) is 26.7 Å². The van der Waals surface area contributed by atoms with Crippen LogP contribution in [0.25, 0.3) is 10.6 Å². The van der Waals surface area contributed by atoms with Gasteiger partial charge in [0.2, 0.25) is 10.0 Å². The molecule has 0 bridgehead atoms. The maximum atomic E-state index is 13.5. The molecule has 0 unspecified atom stereocenters. The fourth-order valence-corrected chi connectivity index (χ4v) is 5.75. The maximum absolute atomic E-state index is 13.5. The molecule has 0 saturated heterocycles. The third kappa shape index (κ3) is 5.12. The number of hydrogen-bond donors (Lipinski definition) is 3. The Morgan fingerprint density at radius 2 is 2.00 bits per heavy atom. The van der Waals surface area contributed by atoms with E-state index < -0.39 is 31.4 Å². The van der Waals surface area contributed by atoms with E-state index in [0.29, 0.717) is 4.88 Å². The van der Waals surface area contributed by atoms with Gasteiger partial charge in [-0.15, -0.1) is 15.7 Å². The lowest BCUT2D eigenvalue weighted by Crippen LogP contribution is -2.36. The van der Waals surface area contributed by atoms with Gasteiger partial charge in [-0.1, -0.05) is 20.8 Å². The Hall–Kier alpha value is -3.30. The third-order valence-electron chi connectivity index (χ3n) is 5.59. The highest BCUT2D eigenvalue weighted by molar-refractivity contribution is 7.92. The minimum Gasteiger partial charge on any atom is -0.505 e. The van der Waals surface area contributed by atoms with Crippen molar-refractivity contribution >= 4 is 48.6 Å². The van der Waals surface area contributed by atoms with Gasteiger partial charge < -0.3 is 10.4 Å². The number of anilines is 2. The van der Waals surface area contributed by atoms with Crippen molar-refractivity contribution < 1.29 is 21.9 Å². The summed E-state index contributed by atoms with van der Waals surface area (Å²) in [5.41, 5.74) is 0.313. The SMILES string of the molecule is CCC(C)(C)Cn1nc(-c2cncs2)c(O)c(C2=NS(=O)(=O)c3cc(NS(C)(=O)=O)ccc3N2)c1=O. The number of fused-ring (bicyclic) bond motifs is 1. The monoisotopic (exact) mass is 552 g/mol. The first-order valence-corrected chi connectivity index (χ1v) is 14.9. The van der Waals surface area contributed by atoms with Gasteiger partial charge in [-0.25, -0.2) is 13.1 Å². The van der Waals surface area contributed by atoms with Gasteiger partial charge in [0.15, 0.2) is 11.6 Å². The summed E-state index contributed by atoms with van der Waals surface area (Å²) in [4.78, 5) is 17.7. The van der Waals surface area contributed by atoms with E-state index >= 15 is 0 Å². The van der Waals surface area contributed by atoms with Crippen LogP contribution in [0.3, 0.4) is 0 Å². The van der Waals surface area contributed by atoms with Crippen molar-refractivity contribution in [1.29, 1.82) is 0 Å². The van der Waals surface area contributed by atoms with Crippen molar-refractivity contribution in [2.24, 2.45) is 9.81 Å². The van der Waals surface area contributed by atoms with Crippen LogP contribution < -0.4 is 15.6 Å². The quantitative estimate of drug-likeness (QED) is 0.398. The second-order valence-electron chi connectivity index (χ2n) is 9.04. The molecule has 4 rings (SSSR count). The first-order valence-electron chi connectivity index (χ1n) is 10.7. The molecular weight excluding hydrogens is 528 g/mol. The van der Waals surface area contributed by atoms with E-state index in [4.69, 9.17) is 0 Å². The zero-order valence-electron chi connectivity index (χ0n) is 19.8. The van der Waals surface area contributed by atoms with Crippen LogP contribution in [0.2, 0.25) is 0 Å². The predicted molar refractivity (Wildman–Crippen MR) is 138 cm³/mol. The van der Waals surface area contributed by atoms with Crippen molar-refractivity contribution in [3.63, 3.8) is 0 Å². The van der Waals surface area contributed by atoms with Gasteiger partial charge in [0.25, 0.3) is 15.6 Å². The van der Waals surface area contributed by atoms with E-state index in [1.807, 2.05) is 20.8 Å². The lowest BCUT2D eigenvalue weighted by atomic mass is 9.90. The molecule has 0 atom stereocenters. The van der Waals surface area contributed by atoms with Crippen LogP contribution in [0.15, 0.2) is 44.0 Å². The van der Waals surface area contributed by atoms with E-state index in [2.05, 4.69) is 24.5 Å². The number of hydrogen-bond acceptors (Lipinski definition) is 10. The molecule has 0 saturated carbocycles. The standard InChI is InChI=1S/C21H24N6O6S3/c1-5-21(2,3)10-27-20(29)16(18(28)17(24-27)14-9-22-11-34-14)19-23-13-7-6-12(25-35(4,30)31)8-15(13)36(32,33)26-19/h6-9,11,25,28H,5,10H2,1-4H3,(H,23,26). The van der Waals surface area contributed by atoms with Crippen LogP contribution >= 0.6 is 11.3 Å². The Bertz CT molecular complexity index is 1640. The molecule has 0 fully saturated rings. The first kappa shape index (κ1) is 25.8. The summed E-state index contributed by atoms with van der Waals surface area (Å²) in [6, 6.07) is 3.83. The van der Waals surface area contributed by atoms with Gasteiger partial charge in [-0.05, 0) is 30.0 Å². The Balaban J connectivity index is 1.90. The molecule has 192 valence electrons. The smallest absolute Gasteiger partial charge is 0.286 e. The Kier molecular flexibility index (Phi) is 6.43. The zero-order valence-corrected chi connectivity index (χ0v) is 22.3. The highest BCUT2D eigenvalue weighted by atomic mass is 32.2. The summed E-state index contributed by atoms with van der Waals surface area (Å²) in [5, 5.41) is 18.2. The second-order valence-corrected chi connectivity index (χ2v) is 13.3. The predicted octanol–water partition coefficient (Wildman–Crippen LogP) is 2.44. The fourth-order valence-electron chi connectivity index (χ4n) is 3.44. The van der Waals surface area contributed by atoms with Gasteiger partial charge in [-0.2, -0.15) is 13.5 Å². The van der Waals surface area contributed by atoms with Gasteiger partial charge in [0.05, 0.1) is 28.9 Å². The molecule has 0 radical (unpaired) electrons. The average Bonchev–Trinajstić information content (AvgIpc) is 3.29. The van der Waals surface area contributed by atoms with E-state index in [0.717, 1.165) is 18.7 Å². The number of thiazole rings is 1. The number of nitrogens with zero attached hydrogens (tertiary/aromatic N) is 4. The highest BCUT2D eigenvalue weighted by Gasteiger charge is 2.32. The van der Waals surface area contributed by atoms with Gasteiger partial charge in [0, 0.05) is 11.9 Å². The van der Waals surface area contributed by atoms with Crippen molar-refractivity contribution in [2.45, 2.75) is 38.6 Å². The number of nitrogens with one attached hydrogen (secondary N) is 2. The Labute approximate surface area is 211 Å². The van der Waals surface area contributed by atoms with Crippen molar-refractivity contribution in [1.82, 2.24) is 14.8 Å². The van der Waals surface area contributed by atoms with Gasteiger partial charge in [-0.3, -0.25) is 14.5 Å². The zero-order chi connectivity index (χ0) is 26.5. The minimum absolute atomic E-state index is 0.0312. The molecule has 3 aromatic rings. The summed E-state index contributed by atoms with van der Waals surface area (Å²) in [6.07, 6.45) is 3.15. The lowest BCUT2D eigenvalue weighted by molar-refractivity contribution is 0.273. The molecule has 15 heteroatoms. The molecule has 0 amide bonds. The molecule has 12 nitrogen and oxygen atoms in total. The van der Waals surface area contributed by atoms with Crippen LogP contribution in [0.1, 0.15) is 32.8 Å². The molecule has 1 aliphatic rings. The lowest BCUT2D eigenvalue weighted by Gasteiger charge is -2.24. The fraction of sp³-hybridized carbons (Fsp3) is 0.333. The summed E-state index contributed by atoms with van der Waals surface area (Å²) in [7, 11) is -8.01. The summed E-state index contributed by atoms with van der Waals surface area (Å²) < 4.78 is 56.4. The summed E-state index contributed by atoms with van der Waals surface area (Å²) in [6.45, 7) is 6.09. The molecule has 36 heavy (non-hydrogen) atoms. The second kappa shape index (κ2) is 8.97. The molecular formula is C21H24N6O6S3. The third-order valence-corrected chi connectivity index (χ3v) is 8.30. The van der Waals surface area contributed by atoms with Crippen molar-refractivity contribution in [2.75, 3.05) is 16.3 Å². The number of aromatic nitrogens is 3. The summed E-state index contributed by atoms with van der Waals surface area (Å²) >= 11 is 1.19. The Morgan fingerprint density at radius 1 is 1.28 bits per heavy atom. The summed E-state index contributed by atoms with van der Waals surface area (Å²) in [5.74, 6) is -0.903. The first-order chi connectivity index (χ1) is 16.7. The number of aromatic hydroxyl groups is 1. The largest absolute Gasteiger partial charge is 0.505 e. The van der Waals surface area contributed by atoms with Crippen LogP contribution in [-0.4, -0.2) is 48.8 Å². The Morgan fingerprint density at radius 3 is 2.61 bits per heavy atom. The van der Waals surface area contributed by atoms with Crippen LogP contribution in [0, 0.1) is 5.41 Å². The van der Waals surface area contributed by atoms with E-state index in [1.54, 1.807) is 5.51 Å². The molecule has 2 aromatic heterocycles. The molecule has 0 aliphatic carbocycles. The van der Waals surface area contributed by atoms with E-state index in [-0.39, 0.29) is 45.3 Å². The molecule has 3 heterocycles. The van der Waals surface area contributed by atoms with Crippen LogP contribution in [-0.2, 0) is 26.6 Å². The van der Waals surface area contributed by atoms with Gasteiger partial charge >= 0.3 is 0 Å². The minimum atomic E-state index is -4.37. The molecule has 1 aromatic carbocycles. The highest BCUT2D eigenvalue weighted by Crippen LogP contribution is 2.35. The average molecular weight is 553 g/mol. The van der Waals surface area contributed by atoms with Gasteiger partial charge in [0.1, 0.15) is 16.2 Å². The molecule has 3 N–H and O–H groups in total. The van der Waals surface area contributed by atoms with Crippen molar-refractivity contribution in [3.8, 4) is 16.3 Å². The topological polar surface area (TPSA) is 173 Å².